The van der Waals surface area contributed by atoms with Gasteiger partial charge in [-0.05, 0) is 0 Å². The minimum absolute atomic E-state index is 0.0114. The van der Waals surface area contributed by atoms with E-state index < -0.39 is 26.4 Å². The number of aliphatic carboxylic acids is 1. The van der Waals surface area contributed by atoms with Crippen LogP contribution in [0.3, 0.4) is 0 Å². The molecule has 3 aromatic carbocycles. The maximum atomic E-state index is 12.5. The molecule has 0 radical (unpaired) electrons. The van der Waals surface area contributed by atoms with Gasteiger partial charge in [0.2, 0.25) is 0 Å². The molecule has 0 heterocycles. The van der Waals surface area contributed by atoms with E-state index >= 15 is 0 Å². The van der Waals surface area contributed by atoms with Crippen molar-refractivity contribution in [3.05, 3.63) is 94.0 Å². The summed E-state index contributed by atoms with van der Waals surface area (Å²) >= 11 is 1.91. The Morgan fingerprint density at radius 3 is 2.07 bits per heavy atom. The molecule has 1 aliphatic carbocycles. The zero-order chi connectivity index (χ0) is 21.1. The predicted molar refractivity (Wildman–Crippen MR) is 121 cm³/mol. The van der Waals surface area contributed by atoms with Crippen molar-refractivity contribution in [3.8, 4) is 11.1 Å². The third-order valence-corrected chi connectivity index (χ3v) is 8.29. The summed E-state index contributed by atoms with van der Waals surface area (Å²) in [5.74, 6) is -0.950. The van der Waals surface area contributed by atoms with Crippen molar-refractivity contribution in [2.45, 2.75) is 17.0 Å². The molecule has 0 aromatic heterocycles. The summed E-state index contributed by atoms with van der Waals surface area (Å²) in [5, 5.41) is 9.59. The molecule has 0 saturated carbocycles. The fourth-order valence-corrected chi connectivity index (χ4v) is 6.02. The van der Waals surface area contributed by atoms with Crippen LogP contribution in [0.2, 0.25) is 4.71 Å². The van der Waals surface area contributed by atoms with Gasteiger partial charge in [-0.1, -0.05) is 0 Å². The summed E-state index contributed by atoms with van der Waals surface area (Å²) in [6, 6.07) is 23.8. The molecule has 152 valence electrons. The molecule has 4 rings (SSSR count). The van der Waals surface area contributed by atoms with Crippen LogP contribution in [-0.2, 0) is 16.0 Å². The van der Waals surface area contributed by atoms with Gasteiger partial charge in [0.05, 0.1) is 0 Å². The number of benzene rings is 3. The minimum atomic E-state index is -1.47. The van der Waals surface area contributed by atoms with Gasteiger partial charge in [0.1, 0.15) is 0 Å². The van der Waals surface area contributed by atoms with Crippen LogP contribution in [0, 0.1) is 0 Å². The third kappa shape index (κ3) is 4.53. The van der Waals surface area contributed by atoms with Crippen molar-refractivity contribution in [1.29, 1.82) is 0 Å². The summed E-state index contributed by atoms with van der Waals surface area (Å²) < 4.78 is 5.51. The van der Waals surface area contributed by atoms with Crippen molar-refractivity contribution < 1.29 is 19.4 Å². The summed E-state index contributed by atoms with van der Waals surface area (Å²) in [7, 11) is 0. The molecular weight excluding hydrogens is 507 g/mol. The molecule has 1 aliphatic rings. The molecule has 6 heteroatoms. The zero-order valence-electron chi connectivity index (χ0n) is 16.0. The molecule has 0 spiro atoms. The fourth-order valence-electron chi connectivity index (χ4n) is 3.84. The summed E-state index contributed by atoms with van der Waals surface area (Å²) in [6.45, 7) is 0.237. The van der Waals surface area contributed by atoms with Gasteiger partial charge in [0.25, 0.3) is 0 Å². The first-order valence-corrected chi connectivity index (χ1v) is 12.7. The molecule has 1 unspecified atom stereocenters. The van der Waals surface area contributed by atoms with Crippen LogP contribution in [0.1, 0.15) is 22.6 Å². The van der Waals surface area contributed by atoms with E-state index in [-0.39, 0.29) is 17.3 Å². The monoisotopic (exact) mass is 526 g/mol. The normalized spacial score (nSPS) is 13.8. The van der Waals surface area contributed by atoms with Gasteiger partial charge >= 0.3 is 191 Å². The first-order valence-electron chi connectivity index (χ1n) is 9.61. The van der Waals surface area contributed by atoms with Crippen LogP contribution in [0.25, 0.3) is 11.1 Å². The Labute approximate surface area is 190 Å². The number of ether oxygens (including phenoxy) is 1. The molecule has 0 amide bonds. The van der Waals surface area contributed by atoms with E-state index in [9.17, 15) is 14.7 Å². The van der Waals surface area contributed by atoms with Crippen molar-refractivity contribution in [2.75, 3.05) is 6.61 Å². The second-order valence-electron chi connectivity index (χ2n) is 7.19. The average Bonchev–Trinajstić information content (AvgIpc) is 3.07. The quantitative estimate of drug-likeness (QED) is 0.427. The number of halogens is 1. The summed E-state index contributed by atoms with van der Waals surface area (Å²) in [6.07, 6.45) is 0.340. The summed E-state index contributed by atoms with van der Waals surface area (Å²) in [5.41, 5.74) is 5.54. The van der Waals surface area contributed by atoms with E-state index in [1.807, 2.05) is 48.5 Å². The van der Waals surface area contributed by atoms with E-state index in [2.05, 4.69) is 40.2 Å². The van der Waals surface area contributed by atoms with E-state index in [1.54, 1.807) is 0 Å². The van der Waals surface area contributed by atoms with Crippen LogP contribution in [0.5, 0.6) is 0 Å². The summed E-state index contributed by atoms with van der Waals surface area (Å²) in [4.78, 5) is 24.3. The molecule has 0 saturated heterocycles. The van der Waals surface area contributed by atoms with E-state index in [0.717, 1.165) is 21.2 Å². The van der Waals surface area contributed by atoms with Gasteiger partial charge < -0.3 is 0 Å². The molecule has 30 heavy (non-hydrogen) atoms. The van der Waals surface area contributed by atoms with E-state index in [0.29, 0.717) is 6.42 Å². The molecule has 0 bridgehead atoms. The number of carbonyl (C=O) groups is 2. The topological polar surface area (TPSA) is 63.6 Å². The molecule has 0 fully saturated rings. The van der Waals surface area contributed by atoms with Gasteiger partial charge in [-0.15, -0.1) is 0 Å². The van der Waals surface area contributed by atoms with Crippen molar-refractivity contribution >= 4 is 42.4 Å². The second-order valence-corrected chi connectivity index (χ2v) is 11.0. The Hall–Kier alpha value is -2.36. The standard InChI is InChI=1S/C24H20AsBrO4/c26-16-11-9-15(10-12-16)13-22(23(27)28)25-24(29)30-14-21-19-7-3-1-5-17(19)18-6-2-4-8-20(18)21/h1-12,21-22,25H,13-14H2,(H,27,28)/t22-/m0/s1. The zero-order valence-corrected chi connectivity index (χ0v) is 19.7. The molecular formula is C24H20AsBrO4. The van der Waals surface area contributed by atoms with Gasteiger partial charge in [-0.3, -0.25) is 0 Å². The Balaban J connectivity index is 1.43. The number of hydrogen-bond donors (Lipinski definition) is 1. The molecule has 3 aromatic rings. The Morgan fingerprint density at radius 2 is 1.50 bits per heavy atom. The number of rotatable bonds is 7. The predicted octanol–water partition coefficient (Wildman–Crippen LogP) is 5.25. The van der Waals surface area contributed by atoms with Gasteiger partial charge in [-0.25, -0.2) is 0 Å². The second kappa shape index (κ2) is 9.20. The van der Waals surface area contributed by atoms with Crippen LogP contribution in [0.4, 0.5) is 4.79 Å². The van der Waals surface area contributed by atoms with Crippen molar-refractivity contribution in [3.63, 3.8) is 0 Å². The number of carboxylic acids is 1. The molecule has 0 aliphatic heterocycles. The number of carbonyl (C=O) groups excluding carboxylic acids is 1. The van der Waals surface area contributed by atoms with Crippen molar-refractivity contribution in [1.82, 2.24) is 0 Å². The van der Waals surface area contributed by atoms with Crippen LogP contribution in [-0.4, -0.2) is 38.2 Å². The first kappa shape index (κ1) is 20.9. The Bertz CT molecular complexity index is 1040. The van der Waals surface area contributed by atoms with Gasteiger partial charge in [0, 0.05) is 0 Å². The molecule has 2 atom stereocenters. The Kier molecular flexibility index (Phi) is 6.40. The van der Waals surface area contributed by atoms with Crippen LogP contribution in [0.15, 0.2) is 77.3 Å². The maximum absolute atomic E-state index is 12.5. The molecule has 4 nitrogen and oxygen atoms in total. The first-order chi connectivity index (χ1) is 14.5. The molecule has 1 N–H and O–H groups in total. The average molecular weight is 527 g/mol. The number of fused-ring (bicyclic) bond motifs is 3. The van der Waals surface area contributed by atoms with Crippen LogP contribution >= 0.6 is 15.9 Å². The van der Waals surface area contributed by atoms with Crippen LogP contribution < -0.4 is 0 Å². The third-order valence-electron chi connectivity index (χ3n) is 5.29. The van der Waals surface area contributed by atoms with Gasteiger partial charge in [-0.2, -0.15) is 0 Å². The van der Waals surface area contributed by atoms with Crippen molar-refractivity contribution in [2.24, 2.45) is 0 Å². The fraction of sp³-hybridized carbons (Fsp3) is 0.167. The number of hydrogen-bond acceptors (Lipinski definition) is 3. The van der Waals surface area contributed by atoms with Gasteiger partial charge in [0.15, 0.2) is 0 Å². The van der Waals surface area contributed by atoms with E-state index in [1.165, 1.54) is 11.1 Å². The number of carboxylic acid groups (broad SMARTS) is 1. The van der Waals surface area contributed by atoms with E-state index in [4.69, 9.17) is 4.74 Å². The SMILES string of the molecule is O=C(OCC1c2ccccc2-c2ccccc21)[AsH][C@@H](Cc1ccc(Br)cc1)C(=O)O. The Morgan fingerprint density at radius 1 is 0.933 bits per heavy atom.